The normalized spacial score (nSPS) is 10.4. The molecular weight excluding hydrogens is 428 g/mol. The molecule has 0 saturated heterocycles. The van der Waals surface area contributed by atoms with Crippen LogP contribution in [0.1, 0.15) is 6.92 Å². The van der Waals surface area contributed by atoms with Gasteiger partial charge in [0.2, 0.25) is 11.9 Å². The minimum Gasteiger partial charge on any atom is -0.497 e. The van der Waals surface area contributed by atoms with Crippen LogP contribution < -0.4 is 20.1 Å². The van der Waals surface area contributed by atoms with Crippen molar-refractivity contribution in [3.05, 3.63) is 84.9 Å². The number of carbonyl (C=O) groups excluding carboxylic acids is 1. The first kappa shape index (κ1) is 22.8. The zero-order chi connectivity index (χ0) is 23.8. The number of hydrogen-bond donors (Lipinski definition) is 2. The van der Waals surface area contributed by atoms with Crippen LogP contribution in [0, 0.1) is 0 Å². The Morgan fingerprint density at radius 1 is 0.853 bits per heavy atom. The maximum Gasteiger partial charge on any atom is 0.246 e. The summed E-state index contributed by atoms with van der Waals surface area (Å²) in [5.41, 5.74) is 3.98. The van der Waals surface area contributed by atoms with E-state index in [1.807, 2.05) is 91.9 Å². The maximum absolute atomic E-state index is 12.7. The molecule has 7 nitrogen and oxygen atoms in total. The molecule has 0 saturated carbocycles. The standard InChI is InChI=1S/C27H26N4O3/c1-3-34-25-12-8-7-11-22(25)28-18-26(32)31-27-29-23(19-9-5-4-6-10-19)17-24(30-27)20-13-15-21(33-2)16-14-20/h4-17,28H,3,18H2,1-2H3,(H,29,30,31,32). The number of methoxy groups -OCH3 is 1. The summed E-state index contributed by atoms with van der Waals surface area (Å²) in [5.74, 6) is 1.42. The van der Waals surface area contributed by atoms with E-state index < -0.39 is 0 Å². The summed E-state index contributed by atoms with van der Waals surface area (Å²) in [6, 6.07) is 26.8. The van der Waals surface area contributed by atoms with Gasteiger partial charge < -0.3 is 14.8 Å². The van der Waals surface area contributed by atoms with Crippen molar-refractivity contribution in [2.75, 3.05) is 30.9 Å². The number of benzene rings is 3. The molecule has 4 aromatic rings. The second kappa shape index (κ2) is 11.0. The summed E-state index contributed by atoms with van der Waals surface area (Å²) in [5, 5.41) is 5.93. The molecule has 0 aliphatic rings. The highest BCUT2D eigenvalue weighted by molar-refractivity contribution is 5.93. The van der Waals surface area contributed by atoms with Gasteiger partial charge in [0.25, 0.3) is 0 Å². The lowest BCUT2D eigenvalue weighted by molar-refractivity contribution is -0.114. The van der Waals surface area contributed by atoms with Crippen molar-refractivity contribution in [2.24, 2.45) is 0 Å². The van der Waals surface area contributed by atoms with Gasteiger partial charge in [0.15, 0.2) is 0 Å². The lowest BCUT2D eigenvalue weighted by Gasteiger charge is -2.13. The van der Waals surface area contributed by atoms with Crippen molar-refractivity contribution in [1.29, 1.82) is 0 Å². The van der Waals surface area contributed by atoms with Crippen LogP contribution in [0.2, 0.25) is 0 Å². The molecule has 0 aliphatic heterocycles. The first-order valence-corrected chi connectivity index (χ1v) is 11.0. The second-order valence-electron chi connectivity index (χ2n) is 7.39. The van der Waals surface area contributed by atoms with Crippen LogP contribution in [0.25, 0.3) is 22.5 Å². The van der Waals surface area contributed by atoms with E-state index in [0.29, 0.717) is 23.7 Å². The van der Waals surface area contributed by atoms with Gasteiger partial charge in [-0.3, -0.25) is 10.1 Å². The molecule has 0 fully saturated rings. The van der Waals surface area contributed by atoms with Gasteiger partial charge in [-0.1, -0.05) is 42.5 Å². The minimum absolute atomic E-state index is 0.0425. The molecule has 0 unspecified atom stereocenters. The molecule has 0 atom stereocenters. The van der Waals surface area contributed by atoms with E-state index in [1.54, 1.807) is 7.11 Å². The molecule has 2 N–H and O–H groups in total. The summed E-state index contributed by atoms with van der Waals surface area (Å²) in [6.45, 7) is 2.50. The molecule has 1 amide bonds. The predicted molar refractivity (Wildman–Crippen MR) is 134 cm³/mol. The lowest BCUT2D eigenvalue weighted by Crippen LogP contribution is -2.23. The number of ether oxygens (including phenoxy) is 2. The second-order valence-corrected chi connectivity index (χ2v) is 7.39. The fourth-order valence-electron chi connectivity index (χ4n) is 3.41. The number of aromatic nitrogens is 2. The summed E-state index contributed by atoms with van der Waals surface area (Å²) >= 11 is 0. The molecule has 1 aromatic heterocycles. The monoisotopic (exact) mass is 454 g/mol. The van der Waals surface area contributed by atoms with E-state index in [2.05, 4.69) is 20.6 Å². The highest BCUT2D eigenvalue weighted by atomic mass is 16.5. The zero-order valence-electron chi connectivity index (χ0n) is 19.1. The Bertz CT molecular complexity index is 1240. The largest absolute Gasteiger partial charge is 0.497 e. The summed E-state index contributed by atoms with van der Waals surface area (Å²) in [6.07, 6.45) is 0. The third-order valence-corrected chi connectivity index (χ3v) is 5.06. The Kier molecular flexibility index (Phi) is 7.35. The molecule has 0 aliphatic carbocycles. The number of carbonyl (C=O) groups is 1. The van der Waals surface area contributed by atoms with Gasteiger partial charge in [0.1, 0.15) is 11.5 Å². The Hall–Kier alpha value is -4.39. The van der Waals surface area contributed by atoms with Gasteiger partial charge >= 0.3 is 0 Å². The molecule has 1 heterocycles. The van der Waals surface area contributed by atoms with Crippen LogP contribution in [-0.2, 0) is 4.79 Å². The SMILES string of the molecule is CCOc1ccccc1NCC(=O)Nc1nc(-c2ccccc2)cc(-c2ccc(OC)cc2)n1. The maximum atomic E-state index is 12.7. The number of amides is 1. The van der Waals surface area contributed by atoms with Crippen LogP contribution in [0.5, 0.6) is 11.5 Å². The predicted octanol–water partition coefficient (Wildman–Crippen LogP) is 5.27. The van der Waals surface area contributed by atoms with Crippen LogP contribution >= 0.6 is 0 Å². The summed E-state index contributed by atoms with van der Waals surface area (Å²) < 4.78 is 10.9. The highest BCUT2D eigenvalue weighted by Gasteiger charge is 2.12. The highest BCUT2D eigenvalue weighted by Crippen LogP contribution is 2.27. The van der Waals surface area contributed by atoms with E-state index in [9.17, 15) is 4.79 Å². The van der Waals surface area contributed by atoms with Crippen molar-refractivity contribution in [3.8, 4) is 34.0 Å². The van der Waals surface area contributed by atoms with Crippen molar-refractivity contribution in [1.82, 2.24) is 9.97 Å². The molecule has 7 heteroatoms. The van der Waals surface area contributed by atoms with Crippen LogP contribution in [0.4, 0.5) is 11.6 Å². The Morgan fingerprint density at radius 2 is 1.50 bits per heavy atom. The first-order chi connectivity index (χ1) is 16.7. The number of nitrogens with one attached hydrogen (secondary N) is 2. The Labute approximate surface area is 198 Å². The lowest BCUT2D eigenvalue weighted by atomic mass is 10.1. The van der Waals surface area contributed by atoms with Crippen molar-refractivity contribution >= 4 is 17.5 Å². The fraction of sp³-hybridized carbons (Fsp3) is 0.148. The van der Waals surface area contributed by atoms with Crippen molar-refractivity contribution < 1.29 is 14.3 Å². The van der Waals surface area contributed by atoms with Crippen molar-refractivity contribution in [3.63, 3.8) is 0 Å². The number of nitrogens with zero attached hydrogens (tertiary/aromatic N) is 2. The van der Waals surface area contributed by atoms with Gasteiger partial charge in [-0.2, -0.15) is 0 Å². The molecule has 34 heavy (non-hydrogen) atoms. The smallest absolute Gasteiger partial charge is 0.246 e. The van der Waals surface area contributed by atoms with Crippen LogP contribution in [-0.4, -0.2) is 36.1 Å². The van der Waals surface area contributed by atoms with Gasteiger partial charge in [0, 0.05) is 11.1 Å². The van der Waals surface area contributed by atoms with Crippen LogP contribution in [0.3, 0.4) is 0 Å². The molecule has 3 aromatic carbocycles. The quantitative estimate of drug-likeness (QED) is 0.358. The number of para-hydroxylation sites is 2. The minimum atomic E-state index is -0.266. The number of anilines is 2. The van der Waals surface area contributed by atoms with E-state index in [4.69, 9.17) is 9.47 Å². The zero-order valence-corrected chi connectivity index (χ0v) is 19.1. The Morgan fingerprint density at radius 3 is 2.18 bits per heavy atom. The molecule has 4 rings (SSSR count). The molecule has 172 valence electrons. The number of hydrogen-bond acceptors (Lipinski definition) is 6. The van der Waals surface area contributed by atoms with Crippen LogP contribution in [0.15, 0.2) is 84.9 Å². The summed E-state index contributed by atoms with van der Waals surface area (Å²) in [4.78, 5) is 21.9. The average molecular weight is 455 g/mol. The molecule has 0 radical (unpaired) electrons. The van der Waals surface area contributed by atoms with Crippen molar-refractivity contribution in [2.45, 2.75) is 6.92 Å². The molecule has 0 spiro atoms. The Balaban J connectivity index is 1.57. The molecule has 0 bridgehead atoms. The molecular formula is C27H26N4O3. The topological polar surface area (TPSA) is 85.4 Å². The average Bonchev–Trinajstić information content (AvgIpc) is 2.89. The van der Waals surface area contributed by atoms with Gasteiger partial charge in [0.05, 0.1) is 37.3 Å². The van der Waals surface area contributed by atoms with E-state index in [0.717, 1.165) is 22.6 Å². The third kappa shape index (κ3) is 5.69. The fourth-order valence-corrected chi connectivity index (χ4v) is 3.41. The van der Waals surface area contributed by atoms with Gasteiger partial charge in [-0.05, 0) is 49.4 Å². The first-order valence-electron chi connectivity index (χ1n) is 11.0. The van der Waals surface area contributed by atoms with Gasteiger partial charge in [-0.25, -0.2) is 9.97 Å². The number of rotatable bonds is 9. The van der Waals surface area contributed by atoms with Gasteiger partial charge in [-0.15, -0.1) is 0 Å². The van der Waals surface area contributed by atoms with E-state index in [-0.39, 0.29) is 18.4 Å². The van der Waals surface area contributed by atoms with E-state index >= 15 is 0 Å². The summed E-state index contributed by atoms with van der Waals surface area (Å²) in [7, 11) is 1.63. The third-order valence-electron chi connectivity index (χ3n) is 5.06. The van der Waals surface area contributed by atoms with E-state index in [1.165, 1.54) is 0 Å².